The zero-order valence-electron chi connectivity index (χ0n) is 63.3. The lowest BCUT2D eigenvalue weighted by Crippen LogP contribution is -2.35. The highest BCUT2D eigenvalue weighted by Crippen LogP contribution is 2.52. The van der Waals surface area contributed by atoms with Gasteiger partial charge in [0.05, 0.1) is 78.6 Å². The molecule has 3 atom stereocenters. The number of halogens is 28. The van der Waals surface area contributed by atoms with E-state index in [4.69, 9.17) is 11.6 Å². The Labute approximate surface area is 716 Å². The molecule has 43 heteroatoms. The van der Waals surface area contributed by atoms with E-state index >= 15 is 13.2 Å². The van der Waals surface area contributed by atoms with Crippen LogP contribution in [-0.4, -0.2) is 88.6 Å². The molecule has 3 aliphatic rings. The number of alkyl halides is 21. The van der Waals surface area contributed by atoms with Gasteiger partial charge in [-0.15, -0.1) is 0 Å². The standard InChI is InChI=1S/C27H19BrClF8N3O2.2C27H20BrF8N3O2/c1-25(31,27(35,36)37)14-10-17(26(32,33)34)21(18(28)11-14)39-23(41)15-4-2-6-19(20(15)30)40(12-13-7-8-13)24(42)16-5-3-9-38-22(16)29;1-25(30,27(34,35)36)16-10-18(26(31,32)33)22(19(28)11-16)38-23(40)17-5-2-6-20(21(17)29)39(13-14-7-8-14)24(41)15-4-3-9-37-12-15;1-25(30,27(34,35)36)16-11-18(26(31,32)33)22(19(28)12-16)38-23(40)17-3-2-4-20(21(17)29)39(13-14-5-6-14)24(41)15-7-9-37-10-8-15/h2-6,9-11,13H,7-8,12H2,1H3,(H,39,41);2-6,9-12,14H,7-8,13H2,1H3,(H,38,40);2-4,7-12,14H,5-6,13H2,1H3,(H,38,40). The van der Waals surface area contributed by atoms with Gasteiger partial charge in [-0.1, -0.05) is 29.8 Å². The number of hydrogen-bond acceptors (Lipinski definition) is 9. The summed E-state index contributed by atoms with van der Waals surface area (Å²) in [5.74, 6) is -9.59. The van der Waals surface area contributed by atoms with Gasteiger partial charge in [-0.25, -0.2) is 31.3 Å². The van der Waals surface area contributed by atoms with Crippen LogP contribution in [0.15, 0.2) is 172 Å². The molecule has 9 aromatic rings. The smallest absolute Gasteiger partial charge is 0.320 e. The van der Waals surface area contributed by atoms with E-state index in [1.165, 1.54) is 104 Å². The maximum atomic E-state index is 15.8. The van der Waals surface area contributed by atoms with Crippen molar-refractivity contribution >= 4 is 129 Å². The van der Waals surface area contributed by atoms with Crippen molar-refractivity contribution in [1.82, 2.24) is 15.0 Å². The molecule has 3 aromatic heterocycles. The molecule has 0 spiro atoms. The largest absolute Gasteiger partial charge is 0.426 e. The SMILES string of the molecule is CC(F)(c1cc(Br)c(NC(=O)c2cccc(N(CC3CC3)C(=O)c3cccnc3)c2F)c(C(F)(F)F)c1)C(F)(F)F.CC(F)(c1cc(Br)c(NC(=O)c2cccc(N(CC3CC3)C(=O)c3cccnc3Cl)c2F)c(C(F)(F)F)c1)C(F)(F)F.CC(F)(c1cc(Br)c(NC(=O)c2cccc(N(CC3CC3)C(=O)c3ccncc3)c2F)c(C(F)(F)F)c1)C(F)(F)F. The van der Waals surface area contributed by atoms with E-state index in [2.05, 4.69) is 62.7 Å². The van der Waals surface area contributed by atoms with Crippen molar-refractivity contribution in [2.75, 3.05) is 50.3 Å². The first kappa shape index (κ1) is 95.9. The number of carbonyl (C=O) groups is 6. The van der Waals surface area contributed by atoms with Gasteiger partial charge < -0.3 is 30.7 Å². The van der Waals surface area contributed by atoms with Crippen LogP contribution in [0.3, 0.4) is 0 Å². The summed E-state index contributed by atoms with van der Waals surface area (Å²) in [7, 11) is 0. The van der Waals surface area contributed by atoms with E-state index in [0.29, 0.717) is 18.2 Å². The number of pyridine rings is 3. The molecule has 0 radical (unpaired) electrons. The molecule has 15 nitrogen and oxygen atoms in total. The fraction of sp³-hybridized carbons (Fsp3) is 0.296. The Bertz CT molecular complexity index is 5330. The first-order valence-electron chi connectivity index (χ1n) is 36.1. The number of rotatable bonds is 21. The molecule has 3 aliphatic carbocycles. The van der Waals surface area contributed by atoms with Crippen LogP contribution in [0.2, 0.25) is 5.15 Å². The van der Waals surface area contributed by atoms with Crippen molar-refractivity contribution < 1.29 is 134 Å². The Morgan fingerprint density at radius 2 is 0.677 bits per heavy atom. The second kappa shape index (κ2) is 36.7. The molecule has 0 bridgehead atoms. The molecule has 6 aromatic carbocycles. The minimum atomic E-state index is -5.55. The van der Waals surface area contributed by atoms with E-state index < -0.39 is 188 Å². The second-order valence-electron chi connectivity index (χ2n) is 28.8. The Balaban J connectivity index is 0.000000195. The quantitative estimate of drug-likeness (QED) is 0.0465. The molecule has 3 unspecified atom stereocenters. The molecule has 12 rings (SSSR count). The van der Waals surface area contributed by atoms with Crippen LogP contribution in [0.25, 0.3) is 0 Å². The lowest BCUT2D eigenvalue weighted by molar-refractivity contribution is -0.229. The number of hydrogen-bond donors (Lipinski definition) is 3. The molecule has 6 amide bonds. The van der Waals surface area contributed by atoms with Gasteiger partial charge in [0.1, 0.15) is 5.15 Å². The molecule has 3 fully saturated rings. The number of anilines is 6. The van der Waals surface area contributed by atoms with E-state index in [1.54, 1.807) is 0 Å². The average Bonchev–Trinajstić information content (AvgIpc) is 1.15. The number of aromatic nitrogens is 3. The topological polar surface area (TPSA) is 187 Å². The summed E-state index contributed by atoms with van der Waals surface area (Å²) in [6.45, 7) is 0.473. The lowest BCUT2D eigenvalue weighted by atomic mass is 9.94. The predicted molar refractivity (Wildman–Crippen MR) is 415 cm³/mol. The van der Waals surface area contributed by atoms with Crippen LogP contribution in [0, 0.1) is 35.2 Å². The molecule has 0 aliphatic heterocycles. The third-order valence-electron chi connectivity index (χ3n) is 19.6. The van der Waals surface area contributed by atoms with E-state index in [9.17, 15) is 121 Å². The highest BCUT2D eigenvalue weighted by molar-refractivity contribution is 9.11. The van der Waals surface area contributed by atoms with Crippen molar-refractivity contribution in [2.45, 2.75) is 113 Å². The van der Waals surface area contributed by atoms with Crippen LogP contribution in [0.1, 0.15) is 155 Å². The average molecular weight is 1990 g/mol. The summed E-state index contributed by atoms with van der Waals surface area (Å²) in [4.78, 5) is 93.8. The Hall–Kier alpha value is -10.4. The number of benzene rings is 6. The molecule has 660 valence electrons. The highest BCUT2D eigenvalue weighted by atomic mass is 79.9. The van der Waals surface area contributed by atoms with Crippen molar-refractivity contribution in [2.24, 2.45) is 17.8 Å². The number of carbonyl (C=O) groups excluding carboxylic acids is 6. The third kappa shape index (κ3) is 21.8. The molecule has 124 heavy (non-hydrogen) atoms. The minimum Gasteiger partial charge on any atom is -0.320 e. The fourth-order valence-electron chi connectivity index (χ4n) is 12.0. The summed E-state index contributed by atoms with van der Waals surface area (Å²) in [5, 5.41) is 5.47. The van der Waals surface area contributed by atoms with Crippen molar-refractivity contribution in [1.29, 1.82) is 0 Å². The molecule has 0 saturated heterocycles. The first-order valence-corrected chi connectivity index (χ1v) is 38.9. The Kier molecular flexibility index (Phi) is 28.4. The molecular weight excluding hydrogens is 1930 g/mol. The van der Waals surface area contributed by atoms with Gasteiger partial charge in [-0.05, 0) is 251 Å². The van der Waals surface area contributed by atoms with Crippen molar-refractivity contribution in [3.05, 3.63) is 261 Å². The second-order valence-corrected chi connectivity index (χ2v) is 31.7. The number of amides is 6. The summed E-state index contributed by atoms with van der Waals surface area (Å²) >= 11 is 14.1. The van der Waals surface area contributed by atoms with Crippen molar-refractivity contribution in [3.63, 3.8) is 0 Å². The summed E-state index contributed by atoms with van der Waals surface area (Å²) in [5.41, 5.74) is -28.0. The molecule has 3 N–H and O–H groups in total. The molecule has 3 saturated carbocycles. The third-order valence-corrected chi connectivity index (χ3v) is 21.8. The highest BCUT2D eigenvalue weighted by Gasteiger charge is 2.57. The summed E-state index contributed by atoms with van der Waals surface area (Å²) < 4.78 is 332. The maximum absolute atomic E-state index is 15.8. The van der Waals surface area contributed by atoms with E-state index in [1.807, 2.05) is 16.0 Å². The van der Waals surface area contributed by atoms with Gasteiger partial charge >= 0.3 is 37.1 Å². The molecular formula is C81H59Br3ClF24N9O6. The van der Waals surface area contributed by atoms with Gasteiger partial charge in [0.15, 0.2) is 17.5 Å². The van der Waals surface area contributed by atoms with Crippen LogP contribution >= 0.6 is 59.4 Å². The van der Waals surface area contributed by atoms with Gasteiger partial charge in [0.25, 0.3) is 35.4 Å². The fourth-order valence-corrected chi connectivity index (χ4v) is 13.8. The summed E-state index contributed by atoms with van der Waals surface area (Å²) in [6.07, 6.45) is -21.2. The first-order chi connectivity index (χ1) is 57.5. The zero-order chi connectivity index (χ0) is 91.9. The van der Waals surface area contributed by atoms with Crippen molar-refractivity contribution in [3.8, 4) is 0 Å². The molecule has 3 heterocycles. The maximum Gasteiger partial charge on any atom is 0.426 e. The van der Waals surface area contributed by atoms with Crippen LogP contribution < -0.4 is 30.7 Å². The van der Waals surface area contributed by atoms with E-state index in [0.717, 1.165) is 71.4 Å². The van der Waals surface area contributed by atoms with Gasteiger partial charge in [-0.3, -0.25) is 38.7 Å². The van der Waals surface area contributed by atoms with Crippen LogP contribution in [-0.2, 0) is 35.5 Å². The zero-order valence-corrected chi connectivity index (χ0v) is 68.8. The van der Waals surface area contributed by atoms with Gasteiger partial charge in [0, 0.05) is 69.6 Å². The van der Waals surface area contributed by atoms with Gasteiger partial charge in [-0.2, -0.15) is 79.0 Å². The number of nitrogens with zero attached hydrogens (tertiary/aromatic N) is 6. The van der Waals surface area contributed by atoms with Crippen LogP contribution in [0.5, 0.6) is 0 Å². The summed E-state index contributed by atoms with van der Waals surface area (Å²) in [6, 6.07) is 20.0. The Morgan fingerprint density at radius 1 is 0.379 bits per heavy atom. The Morgan fingerprint density at radius 3 is 0.960 bits per heavy atom. The lowest BCUT2D eigenvalue weighted by Gasteiger charge is -2.26. The minimum absolute atomic E-state index is 0.0305. The van der Waals surface area contributed by atoms with Gasteiger partial charge in [0.2, 0.25) is 17.0 Å². The number of nitrogens with one attached hydrogen (secondary N) is 3. The predicted octanol–water partition coefficient (Wildman–Crippen LogP) is 24.8. The van der Waals surface area contributed by atoms with Crippen LogP contribution in [0.4, 0.5) is 139 Å². The van der Waals surface area contributed by atoms with E-state index in [-0.39, 0.29) is 115 Å². The monoisotopic (exact) mass is 1980 g/mol. The normalized spacial score (nSPS) is 15.2.